The number of sulfonamides is 1. The van der Waals surface area contributed by atoms with Crippen LogP contribution in [0.25, 0.3) is 0 Å². The molecule has 0 aliphatic rings. The number of nitrogens with one attached hydrogen (secondary N) is 1. The Bertz CT molecular complexity index is 1380. The van der Waals surface area contributed by atoms with Crippen molar-refractivity contribution in [3.8, 4) is 11.5 Å². The number of ether oxygens (including phenoxy) is 2. The first-order valence-electron chi connectivity index (χ1n) is 12.2. The van der Waals surface area contributed by atoms with Crippen molar-refractivity contribution in [3.63, 3.8) is 0 Å². The van der Waals surface area contributed by atoms with E-state index in [-0.39, 0.29) is 28.8 Å². The molecule has 0 radical (unpaired) electrons. The van der Waals surface area contributed by atoms with Gasteiger partial charge in [-0.3, -0.25) is 13.9 Å². The fourth-order valence-electron chi connectivity index (χ4n) is 3.92. The number of anilines is 1. The van der Waals surface area contributed by atoms with E-state index in [1.807, 2.05) is 24.3 Å². The summed E-state index contributed by atoms with van der Waals surface area (Å²) >= 11 is 3.40. The lowest BCUT2D eigenvalue weighted by atomic mass is 10.1. The third-order valence-electron chi connectivity index (χ3n) is 6.05. The molecule has 3 aromatic carbocycles. The van der Waals surface area contributed by atoms with Crippen LogP contribution in [0.4, 0.5) is 5.69 Å². The highest BCUT2D eigenvalue weighted by molar-refractivity contribution is 9.10. The summed E-state index contributed by atoms with van der Waals surface area (Å²) < 4.78 is 40.5. The lowest BCUT2D eigenvalue weighted by molar-refractivity contribution is -0.139. The van der Waals surface area contributed by atoms with Crippen LogP contribution in [0.2, 0.25) is 0 Å². The first kappa shape index (κ1) is 30.0. The van der Waals surface area contributed by atoms with E-state index < -0.39 is 28.5 Å². The van der Waals surface area contributed by atoms with Gasteiger partial charge in [0.15, 0.2) is 0 Å². The zero-order chi connectivity index (χ0) is 28.6. The van der Waals surface area contributed by atoms with E-state index >= 15 is 0 Å². The molecule has 0 saturated carbocycles. The second kappa shape index (κ2) is 13.5. The molecule has 39 heavy (non-hydrogen) atoms. The van der Waals surface area contributed by atoms with Crippen molar-refractivity contribution in [2.45, 2.75) is 31.3 Å². The van der Waals surface area contributed by atoms with Crippen molar-refractivity contribution in [1.29, 1.82) is 0 Å². The molecule has 3 rings (SSSR count). The van der Waals surface area contributed by atoms with Crippen molar-refractivity contribution in [3.05, 3.63) is 82.8 Å². The molecule has 0 aliphatic heterocycles. The number of carbonyl (C=O) groups is 2. The predicted molar refractivity (Wildman–Crippen MR) is 153 cm³/mol. The SMILES string of the molecule is CCNC(=O)[C@H](C)N(Cc1ccc(Br)cc1)C(=O)CN(c1cc(OC)ccc1OC)S(=O)(=O)c1ccccc1. The number of amides is 2. The van der Waals surface area contributed by atoms with Crippen LogP contribution in [0, 0.1) is 0 Å². The summed E-state index contributed by atoms with van der Waals surface area (Å²) in [6.45, 7) is 3.30. The molecule has 1 atom stereocenters. The van der Waals surface area contributed by atoms with Crippen LogP contribution in [0.5, 0.6) is 11.5 Å². The van der Waals surface area contributed by atoms with Gasteiger partial charge in [-0.05, 0) is 55.8 Å². The van der Waals surface area contributed by atoms with Gasteiger partial charge in [-0.25, -0.2) is 8.42 Å². The summed E-state index contributed by atoms with van der Waals surface area (Å²) in [7, 11) is -1.36. The highest BCUT2D eigenvalue weighted by Crippen LogP contribution is 2.36. The highest BCUT2D eigenvalue weighted by atomic mass is 79.9. The number of halogens is 1. The summed E-state index contributed by atoms with van der Waals surface area (Å²) in [6.07, 6.45) is 0. The summed E-state index contributed by atoms with van der Waals surface area (Å²) in [5, 5.41) is 2.74. The molecule has 1 N–H and O–H groups in total. The van der Waals surface area contributed by atoms with Crippen LogP contribution < -0.4 is 19.1 Å². The second-order valence-electron chi connectivity index (χ2n) is 8.58. The number of rotatable bonds is 12. The molecule has 0 spiro atoms. The minimum Gasteiger partial charge on any atom is -0.497 e. The van der Waals surface area contributed by atoms with Gasteiger partial charge in [0.2, 0.25) is 11.8 Å². The van der Waals surface area contributed by atoms with Gasteiger partial charge in [-0.1, -0.05) is 46.3 Å². The fourth-order valence-corrected chi connectivity index (χ4v) is 5.62. The van der Waals surface area contributed by atoms with E-state index in [2.05, 4.69) is 21.2 Å². The number of methoxy groups -OCH3 is 2. The van der Waals surface area contributed by atoms with E-state index in [1.54, 1.807) is 44.2 Å². The van der Waals surface area contributed by atoms with Gasteiger partial charge in [0.05, 0.1) is 24.8 Å². The molecule has 3 aromatic rings. The van der Waals surface area contributed by atoms with Crippen molar-refractivity contribution < 1.29 is 27.5 Å². The van der Waals surface area contributed by atoms with E-state index in [0.717, 1.165) is 14.3 Å². The minimum absolute atomic E-state index is 0.00101. The van der Waals surface area contributed by atoms with Crippen LogP contribution in [0.1, 0.15) is 19.4 Å². The average molecular weight is 619 g/mol. The topological polar surface area (TPSA) is 105 Å². The maximum Gasteiger partial charge on any atom is 0.264 e. The lowest BCUT2D eigenvalue weighted by Gasteiger charge is -2.32. The Balaban J connectivity index is 2.10. The molecule has 0 bridgehead atoms. The summed E-state index contributed by atoms with van der Waals surface area (Å²) in [5.74, 6) is -0.297. The molecule has 0 fully saturated rings. The Morgan fingerprint density at radius 3 is 2.23 bits per heavy atom. The molecular weight excluding hydrogens is 586 g/mol. The van der Waals surface area contributed by atoms with Gasteiger partial charge in [0.25, 0.3) is 10.0 Å². The zero-order valence-electron chi connectivity index (χ0n) is 22.3. The normalized spacial score (nSPS) is 11.8. The van der Waals surface area contributed by atoms with Gasteiger partial charge in [-0.15, -0.1) is 0 Å². The van der Waals surface area contributed by atoms with Gasteiger partial charge >= 0.3 is 0 Å². The quantitative estimate of drug-likeness (QED) is 0.326. The Morgan fingerprint density at radius 1 is 0.974 bits per heavy atom. The van der Waals surface area contributed by atoms with Crippen LogP contribution in [0.15, 0.2) is 82.2 Å². The molecule has 0 saturated heterocycles. The van der Waals surface area contributed by atoms with Crippen LogP contribution in [-0.4, -0.2) is 58.5 Å². The third-order valence-corrected chi connectivity index (χ3v) is 8.35. The molecule has 208 valence electrons. The van der Waals surface area contributed by atoms with Crippen molar-refractivity contribution in [2.75, 3.05) is 31.6 Å². The number of nitrogens with zero attached hydrogens (tertiary/aromatic N) is 2. The third kappa shape index (κ3) is 7.30. The Hall–Kier alpha value is -3.57. The standard InChI is InChI=1S/C28H32BrN3O6S/c1-5-30-28(34)20(2)31(18-21-11-13-22(29)14-12-21)27(33)19-32(39(35,36)24-9-7-6-8-10-24)25-17-23(37-3)15-16-26(25)38-4/h6-17,20H,5,18-19H2,1-4H3,(H,30,34)/t20-/m0/s1. The average Bonchev–Trinajstić information content (AvgIpc) is 2.95. The number of carbonyl (C=O) groups excluding carboxylic acids is 2. The number of hydrogen-bond acceptors (Lipinski definition) is 6. The summed E-state index contributed by atoms with van der Waals surface area (Å²) in [5.41, 5.74) is 0.905. The maximum atomic E-state index is 13.9. The van der Waals surface area contributed by atoms with Crippen molar-refractivity contribution >= 4 is 43.5 Å². The van der Waals surface area contributed by atoms with E-state index in [4.69, 9.17) is 9.47 Å². The first-order valence-corrected chi connectivity index (χ1v) is 14.5. The fraction of sp³-hybridized carbons (Fsp3) is 0.286. The van der Waals surface area contributed by atoms with Crippen LogP contribution in [0.3, 0.4) is 0 Å². The second-order valence-corrected chi connectivity index (χ2v) is 11.4. The zero-order valence-corrected chi connectivity index (χ0v) is 24.7. The Kier molecular flexibility index (Phi) is 10.4. The molecule has 0 heterocycles. The van der Waals surface area contributed by atoms with E-state index in [0.29, 0.717) is 12.3 Å². The Labute approximate surface area is 237 Å². The largest absolute Gasteiger partial charge is 0.497 e. The molecular formula is C28H32BrN3O6S. The summed E-state index contributed by atoms with van der Waals surface area (Å²) in [4.78, 5) is 28.1. The number of likely N-dealkylation sites (N-methyl/N-ethyl adjacent to an activating group) is 1. The molecule has 2 amide bonds. The highest BCUT2D eigenvalue weighted by Gasteiger charge is 2.34. The van der Waals surface area contributed by atoms with Gasteiger partial charge in [0, 0.05) is 23.6 Å². The van der Waals surface area contributed by atoms with E-state index in [1.165, 1.54) is 37.3 Å². The smallest absolute Gasteiger partial charge is 0.264 e. The number of hydrogen-bond donors (Lipinski definition) is 1. The van der Waals surface area contributed by atoms with E-state index in [9.17, 15) is 18.0 Å². The lowest BCUT2D eigenvalue weighted by Crippen LogP contribution is -2.51. The van der Waals surface area contributed by atoms with Crippen LogP contribution in [-0.2, 0) is 26.2 Å². The van der Waals surface area contributed by atoms with Gasteiger partial charge < -0.3 is 19.7 Å². The molecule has 11 heteroatoms. The van der Waals surface area contributed by atoms with Gasteiger partial charge in [0.1, 0.15) is 24.1 Å². The van der Waals surface area contributed by atoms with Crippen molar-refractivity contribution in [2.24, 2.45) is 0 Å². The summed E-state index contributed by atoms with van der Waals surface area (Å²) in [6, 6.07) is 19.0. The van der Waals surface area contributed by atoms with Crippen LogP contribution >= 0.6 is 15.9 Å². The van der Waals surface area contributed by atoms with Crippen molar-refractivity contribution in [1.82, 2.24) is 10.2 Å². The maximum absolute atomic E-state index is 13.9. The molecule has 0 aliphatic carbocycles. The van der Waals surface area contributed by atoms with Gasteiger partial charge in [-0.2, -0.15) is 0 Å². The minimum atomic E-state index is -4.23. The number of benzene rings is 3. The monoisotopic (exact) mass is 617 g/mol. The predicted octanol–water partition coefficient (Wildman–Crippen LogP) is 4.22. The Morgan fingerprint density at radius 2 is 1.64 bits per heavy atom. The molecule has 0 aromatic heterocycles. The molecule has 9 nitrogen and oxygen atoms in total. The molecule has 0 unspecified atom stereocenters. The first-order chi connectivity index (χ1) is 18.6.